The molecule has 3 rings (SSSR count). The number of hydrogen-bond acceptors (Lipinski definition) is 3. The highest BCUT2D eigenvalue weighted by Crippen LogP contribution is 2.28. The molecule has 1 saturated heterocycles. The number of carboxylic acids is 1. The van der Waals surface area contributed by atoms with Crippen LogP contribution in [-0.2, 0) is 28.9 Å². The zero-order chi connectivity index (χ0) is 15.6. The number of hydrogen-bond donors (Lipinski definition) is 2. The van der Waals surface area contributed by atoms with Crippen LogP contribution in [0.15, 0.2) is 18.2 Å². The minimum atomic E-state index is -1.07. The molecule has 0 bridgehead atoms. The van der Waals surface area contributed by atoms with Crippen molar-refractivity contribution in [3.05, 3.63) is 34.9 Å². The van der Waals surface area contributed by atoms with E-state index in [1.54, 1.807) is 11.8 Å². The average molecular weight is 319 g/mol. The van der Waals surface area contributed by atoms with Gasteiger partial charge in [-0.2, -0.15) is 11.8 Å². The first-order valence-corrected chi connectivity index (χ1v) is 8.97. The number of carbonyl (C=O) groups is 2. The first-order valence-electron chi connectivity index (χ1n) is 7.82. The van der Waals surface area contributed by atoms with E-state index in [9.17, 15) is 14.7 Å². The van der Waals surface area contributed by atoms with Crippen LogP contribution < -0.4 is 5.32 Å². The Hall–Kier alpha value is -1.49. The lowest BCUT2D eigenvalue weighted by atomic mass is 9.91. The van der Waals surface area contributed by atoms with Crippen LogP contribution in [-0.4, -0.2) is 34.0 Å². The highest BCUT2D eigenvalue weighted by atomic mass is 32.2. The van der Waals surface area contributed by atoms with Crippen molar-refractivity contribution in [2.45, 2.75) is 44.1 Å². The lowest BCUT2D eigenvalue weighted by Crippen LogP contribution is -2.56. The standard InChI is InChI=1S/C17H21NO3S/c19-15(18-17(16(20)21)6-8-22-9-7-17)11-12-4-5-13-2-1-3-14(13)10-12/h4-5,10H,1-3,6-9,11H2,(H,18,19)(H,20,21). The van der Waals surface area contributed by atoms with Gasteiger partial charge in [0.25, 0.3) is 0 Å². The number of fused-ring (bicyclic) bond motifs is 1. The molecule has 1 aromatic rings. The molecule has 0 spiro atoms. The summed E-state index contributed by atoms with van der Waals surface area (Å²) < 4.78 is 0. The van der Waals surface area contributed by atoms with Crippen molar-refractivity contribution >= 4 is 23.6 Å². The number of carboxylic acid groups (broad SMARTS) is 1. The van der Waals surface area contributed by atoms with Gasteiger partial charge in [0.05, 0.1) is 6.42 Å². The Morgan fingerprint density at radius 1 is 1.18 bits per heavy atom. The number of aryl methyl sites for hydroxylation is 2. The Morgan fingerprint density at radius 3 is 2.64 bits per heavy atom. The minimum Gasteiger partial charge on any atom is -0.480 e. The average Bonchev–Trinajstić information content (AvgIpc) is 2.95. The fraction of sp³-hybridized carbons (Fsp3) is 0.529. The Kier molecular flexibility index (Phi) is 4.43. The minimum absolute atomic E-state index is 0.188. The Balaban J connectivity index is 1.67. The lowest BCUT2D eigenvalue weighted by molar-refractivity contribution is -0.148. The first-order chi connectivity index (χ1) is 10.6. The number of aliphatic carboxylic acids is 1. The molecule has 0 saturated carbocycles. The molecule has 1 aliphatic heterocycles. The Morgan fingerprint density at radius 2 is 1.91 bits per heavy atom. The Bertz CT molecular complexity index is 594. The van der Waals surface area contributed by atoms with E-state index in [-0.39, 0.29) is 12.3 Å². The highest BCUT2D eigenvalue weighted by molar-refractivity contribution is 7.99. The zero-order valence-corrected chi connectivity index (χ0v) is 13.4. The molecule has 0 radical (unpaired) electrons. The number of rotatable bonds is 4. The normalized spacial score (nSPS) is 19.5. The van der Waals surface area contributed by atoms with Crippen molar-refractivity contribution in [2.75, 3.05) is 11.5 Å². The predicted octanol–water partition coefficient (Wildman–Crippen LogP) is 2.18. The van der Waals surface area contributed by atoms with Crippen LogP contribution in [0.25, 0.3) is 0 Å². The molecule has 0 atom stereocenters. The molecule has 1 fully saturated rings. The molecular formula is C17H21NO3S. The van der Waals surface area contributed by atoms with Crippen LogP contribution >= 0.6 is 11.8 Å². The largest absolute Gasteiger partial charge is 0.480 e. The topological polar surface area (TPSA) is 66.4 Å². The predicted molar refractivity (Wildman–Crippen MR) is 87.2 cm³/mol. The summed E-state index contributed by atoms with van der Waals surface area (Å²) in [6.07, 6.45) is 4.66. The highest BCUT2D eigenvalue weighted by Gasteiger charge is 2.41. The lowest BCUT2D eigenvalue weighted by Gasteiger charge is -2.33. The van der Waals surface area contributed by atoms with Crippen LogP contribution in [0.1, 0.15) is 36.0 Å². The molecule has 0 aromatic heterocycles. The van der Waals surface area contributed by atoms with Gasteiger partial charge in [0.2, 0.25) is 5.91 Å². The maximum atomic E-state index is 12.3. The molecule has 22 heavy (non-hydrogen) atoms. The van der Waals surface area contributed by atoms with Crippen molar-refractivity contribution in [2.24, 2.45) is 0 Å². The van der Waals surface area contributed by atoms with Gasteiger partial charge in [-0.15, -0.1) is 0 Å². The zero-order valence-electron chi connectivity index (χ0n) is 12.6. The SMILES string of the molecule is O=C(Cc1ccc2c(c1)CCC2)NC1(C(=O)O)CCSCC1. The number of nitrogens with one attached hydrogen (secondary N) is 1. The van der Waals surface area contributed by atoms with Crippen LogP contribution in [0.3, 0.4) is 0 Å². The smallest absolute Gasteiger partial charge is 0.329 e. The van der Waals surface area contributed by atoms with Gasteiger partial charge in [-0.1, -0.05) is 18.2 Å². The molecule has 4 nitrogen and oxygen atoms in total. The summed E-state index contributed by atoms with van der Waals surface area (Å²) in [7, 11) is 0. The van der Waals surface area contributed by atoms with Gasteiger partial charge >= 0.3 is 5.97 Å². The van der Waals surface area contributed by atoms with Gasteiger partial charge in [0.15, 0.2) is 0 Å². The Labute approximate surface area is 134 Å². The van der Waals surface area contributed by atoms with E-state index in [2.05, 4.69) is 17.4 Å². The summed E-state index contributed by atoms with van der Waals surface area (Å²) in [5.41, 5.74) is 2.63. The van der Waals surface area contributed by atoms with Gasteiger partial charge in [-0.3, -0.25) is 4.79 Å². The molecule has 1 heterocycles. The summed E-state index contributed by atoms with van der Waals surface area (Å²) in [4.78, 5) is 23.9. The number of carbonyl (C=O) groups excluding carboxylic acids is 1. The first kappa shape index (κ1) is 15.4. The molecule has 2 aliphatic rings. The fourth-order valence-electron chi connectivity index (χ4n) is 3.34. The summed E-state index contributed by atoms with van der Waals surface area (Å²) in [6, 6.07) is 6.20. The van der Waals surface area contributed by atoms with Gasteiger partial charge in [0, 0.05) is 0 Å². The molecular weight excluding hydrogens is 298 g/mol. The van der Waals surface area contributed by atoms with Crippen LogP contribution in [0.4, 0.5) is 0 Å². The van der Waals surface area contributed by atoms with Gasteiger partial charge in [-0.25, -0.2) is 4.79 Å². The molecule has 1 aromatic carbocycles. The van der Waals surface area contributed by atoms with Crippen LogP contribution in [0.5, 0.6) is 0 Å². The second kappa shape index (κ2) is 6.32. The third-order valence-electron chi connectivity index (χ3n) is 4.66. The summed E-state index contributed by atoms with van der Waals surface area (Å²) >= 11 is 1.74. The summed E-state index contributed by atoms with van der Waals surface area (Å²) in [5.74, 6) is 0.471. The third-order valence-corrected chi connectivity index (χ3v) is 5.65. The molecule has 2 N–H and O–H groups in total. The molecule has 1 aliphatic carbocycles. The van der Waals surface area contributed by atoms with Crippen molar-refractivity contribution in [3.8, 4) is 0 Å². The monoisotopic (exact) mass is 319 g/mol. The number of amides is 1. The van der Waals surface area contributed by atoms with E-state index in [0.29, 0.717) is 12.8 Å². The maximum absolute atomic E-state index is 12.3. The van der Waals surface area contributed by atoms with E-state index in [0.717, 1.165) is 29.9 Å². The van der Waals surface area contributed by atoms with Crippen molar-refractivity contribution < 1.29 is 14.7 Å². The van der Waals surface area contributed by atoms with E-state index in [4.69, 9.17) is 0 Å². The van der Waals surface area contributed by atoms with Gasteiger partial charge in [0.1, 0.15) is 5.54 Å². The van der Waals surface area contributed by atoms with E-state index in [1.807, 2.05) is 6.07 Å². The molecule has 1 amide bonds. The third kappa shape index (κ3) is 3.14. The van der Waals surface area contributed by atoms with Gasteiger partial charge in [-0.05, 0) is 60.3 Å². The molecule has 0 unspecified atom stereocenters. The number of thioether (sulfide) groups is 1. The molecule has 5 heteroatoms. The quantitative estimate of drug-likeness (QED) is 0.893. The van der Waals surface area contributed by atoms with E-state index in [1.165, 1.54) is 17.5 Å². The van der Waals surface area contributed by atoms with Gasteiger partial charge < -0.3 is 10.4 Å². The van der Waals surface area contributed by atoms with Crippen molar-refractivity contribution in [1.29, 1.82) is 0 Å². The fourth-order valence-corrected chi connectivity index (χ4v) is 4.53. The second-order valence-electron chi connectivity index (χ2n) is 6.18. The van der Waals surface area contributed by atoms with Crippen LogP contribution in [0, 0.1) is 0 Å². The van der Waals surface area contributed by atoms with E-state index < -0.39 is 11.5 Å². The second-order valence-corrected chi connectivity index (χ2v) is 7.41. The van der Waals surface area contributed by atoms with Crippen LogP contribution in [0.2, 0.25) is 0 Å². The molecule has 118 valence electrons. The maximum Gasteiger partial charge on any atom is 0.329 e. The number of benzene rings is 1. The summed E-state index contributed by atoms with van der Waals surface area (Å²) in [6.45, 7) is 0. The van der Waals surface area contributed by atoms with E-state index >= 15 is 0 Å². The van der Waals surface area contributed by atoms with Crippen molar-refractivity contribution in [1.82, 2.24) is 5.32 Å². The van der Waals surface area contributed by atoms with Crippen molar-refractivity contribution in [3.63, 3.8) is 0 Å². The summed E-state index contributed by atoms with van der Waals surface area (Å²) in [5, 5.41) is 12.3.